The number of nitrogens with zero attached hydrogens (tertiary/aromatic N) is 4. The molecule has 0 spiro atoms. The van der Waals surface area contributed by atoms with E-state index in [2.05, 4.69) is 15.0 Å². The summed E-state index contributed by atoms with van der Waals surface area (Å²) in [7, 11) is -3.55. The van der Waals surface area contributed by atoms with Gasteiger partial charge < -0.3 is 4.52 Å². The Hall–Kier alpha value is -2.26. The lowest BCUT2D eigenvalue weighted by Gasteiger charge is -2.33. The monoisotopic (exact) mass is 432 g/mol. The van der Waals surface area contributed by atoms with Crippen LogP contribution in [0.4, 0.5) is 0 Å². The molecule has 0 radical (unpaired) electrons. The molecule has 3 aromatic rings. The maximum Gasteiger partial charge on any atom is 0.243 e. The molecule has 1 saturated heterocycles. The number of halogens is 1. The molecule has 9 heteroatoms. The maximum absolute atomic E-state index is 12.8. The average Bonchev–Trinajstić information content (AvgIpc) is 3.17. The van der Waals surface area contributed by atoms with Crippen molar-refractivity contribution in [1.29, 1.82) is 0 Å². The van der Waals surface area contributed by atoms with E-state index in [9.17, 15) is 8.42 Å². The van der Waals surface area contributed by atoms with Crippen molar-refractivity contribution in [3.8, 4) is 11.4 Å². The molecule has 29 heavy (non-hydrogen) atoms. The first-order chi connectivity index (χ1) is 13.9. The predicted octanol–water partition coefficient (Wildman–Crippen LogP) is 3.20. The number of benzene rings is 2. The molecule has 7 nitrogen and oxygen atoms in total. The smallest absolute Gasteiger partial charge is 0.243 e. The van der Waals surface area contributed by atoms with E-state index < -0.39 is 10.0 Å². The highest BCUT2D eigenvalue weighted by Crippen LogP contribution is 2.22. The molecule has 2 heterocycles. The minimum Gasteiger partial charge on any atom is -0.338 e. The second-order valence-electron chi connectivity index (χ2n) is 7.02. The van der Waals surface area contributed by atoms with Crippen LogP contribution in [0.2, 0.25) is 5.02 Å². The van der Waals surface area contributed by atoms with Crippen LogP contribution in [0.3, 0.4) is 0 Å². The molecular weight excluding hydrogens is 412 g/mol. The number of aromatic nitrogens is 2. The summed E-state index contributed by atoms with van der Waals surface area (Å²) in [6, 6.07) is 14.3. The van der Waals surface area contributed by atoms with Crippen LogP contribution in [-0.2, 0) is 16.6 Å². The second-order valence-corrected chi connectivity index (χ2v) is 9.39. The van der Waals surface area contributed by atoms with E-state index in [4.69, 9.17) is 16.1 Å². The fourth-order valence-corrected chi connectivity index (χ4v) is 4.96. The Balaban J connectivity index is 1.37. The third-order valence-corrected chi connectivity index (χ3v) is 7.03. The first-order valence-electron chi connectivity index (χ1n) is 9.29. The van der Waals surface area contributed by atoms with Gasteiger partial charge in [-0.2, -0.15) is 9.29 Å². The zero-order chi connectivity index (χ0) is 20.4. The van der Waals surface area contributed by atoms with Crippen LogP contribution >= 0.6 is 11.6 Å². The highest BCUT2D eigenvalue weighted by atomic mass is 35.5. The Morgan fingerprint density at radius 1 is 1.07 bits per heavy atom. The molecule has 1 aliphatic heterocycles. The van der Waals surface area contributed by atoms with Gasteiger partial charge in [0.1, 0.15) is 0 Å². The number of hydrogen-bond donors (Lipinski definition) is 0. The highest BCUT2D eigenvalue weighted by molar-refractivity contribution is 7.89. The Labute approximate surface area is 174 Å². The Morgan fingerprint density at radius 3 is 2.48 bits per heavy atom. The fourth-order valence-electron chi connectivity index (χ4n) is 3.23. The molecule has 1 aromatic heterocycles. The quantitative estimate of drug-likeness (QED) is 0.616. The summed E-state index contributed by atoms with van der Waals surface area (Å²) in [5.41, 5.74) is 2.08. The van der Waals surface area contributed by atoms with Gasteiger partial charge in [0.25, 0.3) is 0 Å². The maximum atomic E-state index is 12.8. The number of hydrogen-bond acceptors (Lipinski definition) is 6. The van der Waals surface area contributed by atoms with E-state index in [1.165, 1.54) is 15.9 Å². The summed E-state index contributed by atoms with van der Waals surface area (Å²) < 4.78 is 32.5. The molecule has 4 rings (SSSR count). The summed E-state index contributed by atoms with van der Waals surface area (Å²) in [6.07, 6.45) is 0. The van der Waals surface area contributed by atoms with Gasteiger partial charge in [0.05, 0.1) is 11.4 Å². The molecular formula is C20H21ClN4O3S. The predicted molar refractivity (Wildman–Crippen MR) is 110 cm³/mol. The summed E-state index contributed by atoms with van der Waals surface area (Å²) in [5, 5.41) is 4.46. The topological polar surface area (TPSA) is 79.5 Å². The van der Waals surface area contributed by atoms with Crippen molar-refractivity contribution in [1.82, 2.24) is 19.3 Å². The van der Waals surface area contributed by atoms with Gasteiger partial charge in [-0.25, -0.2) is 8.42 Å². The standard InChI is InChI=1S/C20H21ClN4O3S/c1-15-5-7-16(8-6-15)20-22-19(28-23-20)14-24-9-11-25(12-10-24)29(26,27)18-4-2-3-17(21)13-18/h2-8,13H,9-12,14H2,1H3. The van der Waals surface area contributed by atoms with Crippen molar-refractivity contribution in [2.24, 2.45) is 0 Å². The molecule has 1 aliphatic rings. The number of piperazine rings is 1. The second kappa shape index (κ2) is 8.23. The lowest BCUT2D eigenvalue weighted by Crippen LogP contribution is -2.48. The average molecular weight is 433 g/mol. The molecule has 0 atom stereocenters. The molecule has 0 amide bonds. The van der Waals surface area contributed by atoms with Crippen molar-refractivity contribution in [2.45, 2.75) is 18.4 Å². The summed E-state index contributed by atoms with van der Waals surface area (Å²) >= 11 is 5.94. The zero-order valence-electron chi connectivity index (χ0n) is 16.0. The minimum absolute atomic E-state index is 0.220. The van der Waals surface area contributed by atoms with Crippen LogP contribution < -0.4 is 0 Å². The van der Waals surface area contributed by atoms with Crippen LogP contribution in [0.25, 0.3) is 11.4 Å². The van der Waals surface area contributed by atoms with Crippen molar-refractivity contribution in [3.05, 3.63) is 65.0 Å². The third-order valence-electron chi connectivity index (χ3n) is 4.90. The van der Waals surface area contributed by atoms with Gasteiger partial charge in [-0.3, -0.25) is 4.90 Å². The Kier molecular flexibility index (Phi) is 5.69. The van der Waals surface area contributed by atoms with Crippen molar-refractivity contribution in [2.75, 3.05) is 26.2 Å². The number of sulfonamides is 1. The van der Waals surface area contributed by atoms with Crippen molar-refractivity contribution in [3.63, 3.8) is 0 Å². The molecule has 1 fully saturated rings. The number of rotatable bonds is 5. The van der Waals surface area contributed by atoms with E-state index in [0.29, 0.717) is 49.5 Å². The van der Waals surface area contributed by atoms with E-state index in [1.807, 2.05) is 31.2 Å². The summed E-state index contributed by atoms with van der Waals surface area (Å²) in [4.78, 5) is 6.79. The fraction of sp³-hybridized carbons (Fsp3) is 0.300. The van der Waals surface area contributed by atoms with Gasteiger partial charge in [0, 0.05) is 36.8 Å². The van der Waals surface area contributed by atoms with Crippen LogP contribution in [0.5, 0.6) is 0 Å². The molecule has 0 saturated carbocycles. The van der Waals surface area contributed by atoms with Crippen molar-refractivity contribution >= 4 is 21.6 Å². The van der Waals surface area contributed by atoms with E-state index >= 15 is 0 Å². The van der Waals surface area contributed by atoms with Crippen molar-refractivity contribution < 1.29 is 12.9 Å². The lowest BCUT2D eigenvalue weighted by molar-refractivity contribution is 0.163. The largest absolute Gasteiger partial charge is 0.338 e. The molecule has 152 valence electrons. The lowest BCUT2D eigenvalue weighted by atomic mass is 10.1. The molecule has 0 aliphatic carbocycles. The van der Waals surface area contributed by atoms with Gasteiger partial charge in [-0.1, -0.05) is 52.7 Å². The zero-order valence-corrected chi connectivity index (χ0v) is 17.5. The molecule has 0 N–H and O–H groups in total. The normalized spacial score (nSPS) is 16.2. The first kappa shape index (κ1) is 20.0. The number of aryl methyl sites for hydroxylation is 1. The van der Waals surface area contributed by atoms with E-state index in [0.717, 1.165) is 5.56 Å². The van der Waals surface area contributed by atoms with Gasteiger partial charge in [-0.05, 0) is 25.1 Å². The first-order valence-corrected chi connectivity index (χ1v) is 11.1. The van der Waals surface area contributed by atoms with Crippen LogP contribution in [0.15, 0.2) is 57.9 Å². The SMILES string of the molecule is Cc1ccc(-c2noc(CN3CCN(S(=O)(=O)c4cccc(Cl)c4)CC3)n2)cc1. The molecule has 2 aromatic carbocycles. The highest BCUT2D eigenvalue weighted by Gasteiger charge is 2.29. The van der Waals surface area contributed by atoms with Gasteiger partial charge in [0.15, 0.2) is 0 Å². The van der Waals surface area contributed by atoms with E-state index in [1.54, 1.807) is 18.2 Å². The minimum atomic E-state index is -3.55. The third kappa shape index (κ3) is 4.51. The summed E-state index contributed by atoms with van der Waals surface area (Å²) in [6.45, 7) is 4.48. The molecule has 0 bridgehead atoms. The molecule has 0 unspecified atom stereocenters. The van der Waals surface area contributed by atoms with E-state index in [-0.39, 0.29) is 4.90 Å². The van der Waals surface area contributed by atoms with Gasteiger partial charge >= 0.3 is 0 Å². The Bertz CT molecular complexity index is 1090. The Morgan fingerprint density at radius 2 is 1.79 bits per heavy atom. The summed E-state index contributed by atoms with van der Waals surface area (Å²) in [5.74, 6) is 1.08. The van der Waals surface area contributed by atoms with Gasteiger partial charge in [0.2, 0.25) is 21.7 Å². The van der Waals surface area contributed by atoms with Crippen LogP contribution in [0, 0.1) is 6.92 Å². The van der Waals surface area contributed by atoms with Crippen LogP contribution in [0.1, 0.15) is 11.5 Å². The van der Waals surface area contributed by atoms with Gasteiger partial charge in [-0.15, -0.1) is 0 Å². The van der Waals surface area contributed by atoms with Crippen LogP contribution in [-0.4, -0.2) is 53.9 Å².